The van der Waals surface area contributed by atoms with E-state index in [1.54, 1.807) is 6.07 Å². The molecule has 1 saturated heterocycles. The summed E-state index contributed by atoms with van der Waals surface area (Å²) in [6, 6.07) is 12.5. The van der Waals surface area contributed by atoms with Gasteiger partial charge in [-0.2, -0.15) is 0 Å². The van der Waals surface area contributed by atoms with Gasteiger partial charge in [-0.15, -0.1) is 0 Å². The molecule has 0 radical (unpaired) electrons. The van der Waals surface area contributed by atoms with Crippen LogP contribution in [0.1, 0.15) is 31.9 Å². The van der Waals surface area contributed by atoms with Crippen LogP contribution in [0.5, 0.6) is 0 Å². The van der Waals surface area contributed by atoms with Crippen molar-refractivity contribution in [3.05, 3.63) is 53.8 Å². The number of likely N-dealkylation sites (N-methyl/N-ethyl adjacent to an activating group) is 1. The average Bonchev–Trinajstić information content (AvgIpc) is 3.13. The first-order chi connectivity index (χ1) is 13.9. The van der Waals surface area contributed by atoms with Crippen molar-refractivity contribution in [3.63, 3.8) is 0 Å². The number of aliphatic hydroxyl groups excluding tert-OH is 1. The van der Waals surface area contributed by atoms with Gasteiger partial charge in [0, 0.05) is 31.2 Å². The molecule has 1 fully saturated rings. The van der Waals surface area contributed by atoms with Crippen molar-refractivity contribution < 1.29 is 14.3 Å². The zero-order chi connectivity index (χ0) is 20.7. The number of hydrogen-bond acceptors (Lipinski definition) is 3. The van der Waals surface area contributed by atoms with E-state index in [4.69, 9.17) is 0 Å². The number of rotatable bonds is 3. The number of nitrogens with one attached hydrogen (secondary N) is 1. The van der Waals surface area contributed by atoms with Crippen molar-refractivity contribution in [3.8, 4) is 11.1 Å². The molecule has 0 aliphatic carbocycles. The maximum Gasteiger partial charge on any atom is 0.318 e. The second-order valence-corrected chi connectivity index (χ2v) is 8.34. The first-order valence-electron chi connectivity index (χ1n) is 10.2. The van der Waals surface area contributed by atoms with Gasteiger partial charge in [0.1, 0.15) is 5.82 Å². The van der Waals surface area contributed by atoms with Gasteiger partial charge in [-0.05, 0) is 61.2 Å². The lowest BCUT2D eigenvalue weighted by Gasteiger charge is -2.44. The molecule has 0 unspecified atom stereocenters. The van der Waals surface area contributed by atoms with Crippen LogP contribution in [-0.2, 0) is 0 Å². The fraction of sp³-hybridized carbons (Fsp3) is 0.435. The maximum atomic E-state index is 13.8. The van der Waals surface area contributed by atoms with E-state index in [0.717, 1.165) is 28.8 Å². The molecule has 154 valence electrons. The van der Waals surface area contributed by atoms with Gasteiger partial charge >= 0.3 is 6.03 Å². The third-order valence-corrected chi connectivity index (χ3v) is 6.18. The van der Waals surface area contributed by atoms with Crippen molar-refractivity contribution in [2.75, 3.05) is 25.1 Å². The highest BCUT2D eigenvalue weighted by molar-refractivity contribution is 5.77. The van der Waals surface area contributed by atoms with E-state index >= 15 is 0 Å². The lowest BCUT2D eigenvalue weighted by atomic mass is 9.81. The molecule has 2 aliphatic rings. The van der Waals surface area contributed by atoms with Gasteiger partial charge in [-0.3, -0.25) is 0 Å². The highest BCUT2D eigenvalue weighted by atomic mass is 19.1. The molecule has 6 heteroatoms. The van der Waals surface area contributed by atoms with E-state index in [1.807, 2.05) is 44.0 Å². The molecular formula is C23H28FN3O2. The highest BCUT2D eigenvalue weighted by Gasteiger charge is 2.47. The number of benzene rings is 2. The number of carbonyl (C=O) groups excluding carboxylic acids is 1. The zero-order valence-electron chi connectivity index (χ0n) is 17.1. The Morgan fingerprint density at radius 3 is 2.69 bits per heavy atom. The number of halogens is 1. The van der Waals surface area contributed by atoms with Gasteiger partial charge in [0.15, 0.2) is 0 Å². The first kappa shape index (κ1) is 19.7. The molecule has 5 nitrogen and oxygen atoms in total. The Balaban J connectivity index is 1.80. The molecule has 2 aromatic carbocycles. The molecule has 2 aromatic rings. The number of aliphatic hydroxyl groups is 1. The largest absolute Gasteiger partial charge is 0.394 e. The first-order valence-corrected chi connectivity index (χ1v) is 10.2. The van der Waals surface area contributed by atoms with Crippen LogP contribution < -0.4 is 10.2 Å². The van der Waals surface area contributed by atoms with Crippen molar-refractivity contribution in [2.45, 2.75) is 38.4 Å². The summed E-state index contributed by atoms with van der Waals surface area (Å²) in [6.45, 7) is 4.60. The summed E-state index contributed by atoms with van der Waals surface area (Å²) in [4.78, 5) is 16.9. The highest BCUT2D eigenvalue weighted by Crippen LogP contribution is 2.49. The Morgan fingerprint density at radius 1 is 1.24 bits per heavy atom. The molecule has 0 bridgehead atoms. The van der Waals surface area contributed by atoms with E-state index in [0.29, 0.717) is 6.54 Å². The average molecular weight is 397 g/mol. The summed E-state index contributed by atoms with van der Waals surface area (Å²) in [5.74, 6) is -0.118. The minimum Gasteiger partial charge on any atom is -0.394 e. The van der Waals surface area contributed by atoms with Crippen LogP contribution in [0.25, 0.3) is 11.1 Å². The van der Waals surface area contributed by atoms with E-state index < -0.39 is 0 Å². The topological polar surface area (TPSA) is 55.8 Å². The van der Waals surface area contributed by atoms with Crippen molar-refractivity contribution in [1.82, 2.24) is 10.2 Å². The van der Waals surface area contributed by atoms with E-state index in [1.165, 1.54) is 12.1 Å². The smallest absolute Gasteiger partial charge is 0.318 e. The van der Waals surface area contributed by atoms with Crippen LogP contribution in [0.4, 0.5) is 14.9 Å². The number of fused-ring (bicyclic) bond motifs is 3. The summed E-state index contributed by atoms with van der Waals surface area (Å²) in [7, 11) is 1.99. The van der Waals surface area contributed by atoms with Gasteiger partial charge in [-0.1, -0.05) is 18.2 Å². The molecule has 2 aliphatic heterocycles. The second kappa shape index (κ2) is 7.67. The lowest BCUT2D eigenvalue weighted by molar-refractivity contribution is 0.159. The molecule has 0 aromatic heterocycles. The SMILES string of the molecule is CC(C)NC(=O)N1CC[C@H]2[C@@H]1c1cc(-c3cccc(F)c3)ccc1N(C)[C@H]2CO. The Kier molecular flexibility index (Phi) is 5.21. The number of carbonyl (C=O) groups is 1. The Hall–Kier alpha value is -2.60. The van der Waals surface area contributed by atoms with Crippen LogP contribution in [0.15, 0.2) is 42.5 Å². The quantitative estimate of drug-likeness (QED) is 0.829. The summed E-state index contributed by atoms with van der Waals surface area (Å²) >= 11 is 0. The molecular weight excluding hydrogens is 369 g/mol. The standard InChI is InChI=1S/C23H28FN3O2/c1-14(2)25-23(29)27-10-9-18-21(13-28)26(3)20-8-7-16(12-19(20)22(18)27)15-5-4-6-17(24)11-15/h4-8,11-12,14,18,21-22,28H,9-10,13H2,1-3H3,(H,25,29)/t18-,21+,22-/m1/s1. The predicted octanol–water partition coefficient (Wildman–Crippen LogP) is 3.78. The number of amides is 2. The van der Waals surface area contributed by atoms with E-state index in [2.05, 4.69) is 16.3 Å². The van der Waals surface area contributed by atoms with Crippen LogP contribution >= 0.6 is 0 Å². The van der Waals surface area contributed by atoms with Gasteiger partial charge in [0.2, 0.25) is 0 Å². The molecule has 2 amide bonds. The summed E-state index contributed by atoms with van der Waals surface area (Å²) < 4.78 is 13.8. The fourth-order valence-electron chi connectivity index (χ4n) is 4.86. The number of anilines is 1. The number of nitrogens with zero attached hydrogens (tertiary/aromatic N) is 2. The number of likely N-dealkylation sites (tertiary alicyclic amines) is 1. The molecule has 4 rings (SSSR count). The molecule has 0 saturated carbocycles. The maximum absolute atomic E-state index is 13.8. The Labute approximate surface area is 171 Å². The molecule has 29 heavy (non-hydrogen) atoms. The van der Waals surface area contributed by atoms with Gasteiger partial charge in [0.05, 0.1) is 18.7 Å². The number of hydrogen-bond donors (Lipinski definition) is 2. The van der Waals surface area contributed by atoms with Gasteiger partial charge in [-0.25, -0.2) is 9.18 Å². The minimum atomic E-state index is -0.269. The van der Waals surface area contributed by atoms with Crippen molar-refractivity contribution in [1.29, 1.82) is 0 Å². The molecule has 2 heterocycles. The van der Waals surface area contributed by atoms with Crippen LogP contribution in [0.2, 0.25) is 0 Å². The van der Waals surface area contributed by atoms with E-state index in [-0.39, 0.29) is 42.5 Å². The van der Waals surface area contributed by atoms with Crippen LogP contribution in [0, 0.1) is 11.7 Å². The molecule has 2 N–H and O–H groups in total. The predicted molar refractivity (Wildman–Crippen MR) is 112 cm³/mol. The normalized spacial score (nSPS) is 23.2. The van der Waals surface area contributed by atoms with Crippen molar-refractivity contribution in [2.24, 2.45) is 5.92 Å². The molecule has 0 spiro atoms. The third kappa shape index (κ3) is 3.46. The van der Waals surface area contributed by atoms with Crippen LogP contribution in [0.3, 0.4) is 0 Å². The van der Waals surface area contributed by atoms with Gasteiger partial charge in [0.25, 0.3) is 0 Å². The minimum absolute atomic E-state index is 0.0376. The van der Waals surface area contributed by atoms with Gasteiger partial charge < -0.3 is 20.2 Å². The Bertz CT molecular complexity index is 917. The summed E-state index contributed by atoms with van der Waals surface area (Å²) in [5, 5.41) is 13.1. The third-order valence-electron chi connectivity index (χ3n) is 6.18. The Morgan fingerprint density at radius 2 is 2.00 bits per heavy atom. The van der Waals surface area contributed by atoms with E-state index in [9.17, 15) is 14.3 Å². The summed E-state index contributed by atoms with van der Waals surface area (Å²) in [5.41, 5.74) is 3.80. The van der Waals surface area contributed by atoms with Crippen molar-refractivity contribution >= 4 is 11.7 Å². The fourth-order valence-corrected chi connectivity index (χ4v) is 4.86. The monoisotopic (exact) mass is 397 g/mol. The lowest BCUT2D eigenvalue weighted by Crippen LogP contribution is -2.50. The molecule has 3 atom stereocenters. The van der Waals surface area contributed by atoms with Crippen LogP contribution in [-0.4, -0.2) is 48.3 Å². The second-order valence-electron chi connectivity index (χ2n) is 8.34. The zero-order valence-corrected chi connectivity index (χ0v) is 17.1. The summed E-state index contributed by atoms with van der Waals surface area (Å²) in [6.07, 6.45) is 0.843. The number of urea groups is 1.